The maximum Gasteiger partial charge on any atom is 0.165 e. The lowest BCUT2D eigenvalue weighted by atomic mass is 9.89. The topological polar surface area (TPSA) is 39.7 Å². The molecule has 112 valence electrons. The first kappa shape index (κ1) is 15.0. The molecule has 1 N–H and O–H groups in total. The molecule has 0 atom stereocenters. The molecule has 1 heterocycles. The standard InChI is InChI=1S/C16H25NO3/c1-11(2)20-16-10-14(18-3)13(9-15(16)19-4)12-5-7-17-8-6-12/h9-12,17H,5-8H2,1-4H3. The zero-order valence-corrected chi connectivity index (χ0v) is 12.9. The second kappa shape index (κ2) is 6.84. The van der Waals surface area contributed by atoms with Crippen molar-refractivity contribution in [2.75, 3.05) is 27.3 Å². The molecular formula is C16H25NO3. The van der Waals surface area contributed by atoms with Crippen LogP contribution in [0.3, 0.4) is 0 Å². The largest absolute Gasteiger partial charge is 0.496 e. The highest BCUT2D eigenvalue weighted by atomic mass is 16.5. The van der Waals surface area contributed by atoms with Crippen molar-refractivity contribution >= 4 is 0 Å². The zero-order valence-electron chi connectivity index (χ0n) is 12.9. The van der Waals surface area contributed by atoms with Crippen LogP contribution < -0.4 is 19.5 Å². The van der Waals surface area contributed by atoms with Crippen LogP contribution in [0.5, 0.6) is 17.2 Å². The second-order valence-electron chi connectivity index (χ2n) is 5.44. The third-order valence-electron chi connectivity index (χ3n) is 3.66. The minimum Gasteiger partial charge on any atom is -0.496 e. The van der Waals surface area contributed by atoms with Gasteiger partial charge in [0.25, 0.3) is 0 Å². The van der Waals surface area contributed by atoms with E-state index in [1.807, 2.05) is 19.9 Å². The summed E-state index contributed by atoms with van der Waals surface area (Å²) >= 11 is 0. The Morgan fingerprint density at radius 1 is 1.00 bits per heavy atom. The van der Waals surface area contributed by atoms with E-state index in [1.54, 1.807) is 14.2 Å². The van der Waals surface area contributed by atoms with Gasteiger partial charge in [-0.05, 0) is 51.8 Å². The normalized spacial score (nSPS) is 16.2. The van der Waals surface area contributed by atoms with Crippen molar-refractivity contribution in [2.24, 2.45) is 0 Å². The Balaban J connectivity index is 2.35. The summed E-state index contributed by atoms with van der Waals surface area (Å²) in [6.07, 6.45) is 2.37. The predicted octanol–water partition coefficient (Wildman–Crippen LogP) is 2.96. The van der Waals surface area contributed by atoms with Crippen LogP contribution >= 0.6 is 0 Å². The summed E-state index contributed by atoms with van der Waals surface area (Å²) in [6.45, 7) is 6.13. The number of hydrogen-bond donors (Lipinski definition) is 1. The lowest BCUT2D eigenvalue weighted by molar-refractivity contribution is 0.228. The predicted molar refractivity (Wildman–Crippen MR) is 80.2 cm³/mol. The molecule has 1 aromatic rings. The van der Waals surface area contributed by atoms with E-state index in [-0.39, 0.29) is 6.10 Å². The average Bonchev–Trinajstić information content (AvgIpc) is 2.47. The quantitative estimate of drug-likeness (QED) is 0.899. The van der Waals surface area contributed by atoms with Crippen molar-refractivity contribution in [1.82, 2.24) is 5.32 Å². The second-order valence-corrected chi connectivity index (χ2v) is 5.44. The van der Waals surface area contributed by atoms with Crippen molar-refractivity contribution in [2.45, 2.75) is 38.7 Å². The average molecular weight is 279 g/mol. The lowest BCUT2D eigenvalue weighted by Gasteiger charge is -2.26. The number of rotatable bonds is 5. The molecular weight excluding hydrogens is 254 g/mol. The van der Waals surface area contributed by atoms with Crippen LogP contribution in [-0.4, -0.2) is 33.4 Å². The molecule has 0 aromatic heterocycles. The van der Waals surface area contributed by atoms with Crippen molar-refractivity contribution in [1.29, 1.82) is 0 Å². The van der Waals surface area contributed by atoms with Crippen LogP contribution in [0.25, 0.3) is 0 Å². The van der Waals surface area contributed by atoms with Crippen molar-refractivity contribution in [3.8, 4) is 17.2 Å². The summed E-state index contributed by atoms with van der Waals surface area (Å²) in [5, 5.41) is 3.39. The van der Waals surface area contributed by atoms with Gasteiger partial charge in [-0.2, -0.15) is 0 Å². The fourth-order valence-electron chi connectivity index (χ4n) is 2.69. The number of ether oxygens (including phenoxy) is 3. The molecule has 2 rings (SSSR count). The fraction of sp³-hybridized carbons (Fsp3) is 0.625. The molecule has 0 amide bonds. The first-order valence-corrected chi connectivity index (χ1v) is 7.29. The van der Waals surface area contributed by atoms with E-state index in [9.17, 15) is 0 Å². The van der Waals surface area contributed by atoms with Gasteiger partial charge in [-0.25, -0.2) is 0 Å². The van der Waals surface area contributed by atoms with Crippen LogP contribution in [0, 0.1) is 0 Å². The summed E-state index contributed by atoms with van der Waals surface area (Å²) in [5.74, 6) is 2.95. The minimum atomic E-state index is 0.110. The van der Waals surface area contributed by atoms with Crippen LogP contribution in [0.1, 0.15) is 38.2 Å². The minimum absolute atomic E-state index is 0.110. The van der Waals surface area contributed by atoms with E-state index >= 15 is 0 Å². The van der Waals surface area contributed by atoms with Crippen molar-refractivity contribution in [3.63, 3.8) is 0 Å². The van der Waals surface area contributed by atoms with Gasteiger partial charge in [-0.3, -0.25) is 0 Å². The van der Waals surface area contributed by atoms with Crippen molar-refractivity contribution in [3.05, 3.63) is 17.7 Å². The molecule has 1 fully saturated rings. The highest BCUT2D eigenvalue weighted by Gasteiger charge is 2.22. The molecule has 1 aliphatic rings. The van der Waals surface area contributed by atoms with E-state index in [0.717, 1.165) is 43.2 Å². The molecule has 0 aliphatic carbocycles. The van der Waals surface area contributed by atoms with Crippen molar-refractivity contribution < 1.29 is 14.2 Å². The smallest absolute Gasteiger partial charge is 0.165 e. The van der Waals surface area contributed by atoms with E-state index in [0.29, 0.717) is 5.92 Å². The van der Waals surface area contributed by atoms with Gasteiger partial charge >= 0.3 is 0 Å². The molecule has 0 saturated carbocycles. The van der Waals surface area contributed by atoms with E-state index in [2.05, 4.69) is 11.4 Å². The fourth-order valence-corrected chi connectivity index (χ4v) is 2.69. The Bertz CT molecular complexity index is 440. The van der Waals surface area contributed by atoms with Gasteiger partial charge in [0.05, 0.1) is 20.3 Å². The Kier molecular flexibility index (Phi) is 5.12. The SMILES string of the molecule is COc1cc(C2CCNCC2)c(OC)cc1OC(C)C. The van der Waals surface area contributed by atoms with Crippen LogP contribution in [0.15, 0.2) is 12.1 Å². The Labute approximate surface area is 121 Å². The van der Waals surface area contributed by atoms with Crippen LogP contribution in [0.2, 0.25) is 0 Å². The van der Waals surface area contributed by atoms with E-state index < -0.39 is 0 Å². The molecule has 20 heavy (non-hydrogen) atoms. The zero-order chi connectivity index (χ0) is 14.5. The van der Waals surface area contributed by atoms with Crippen LogP contribution in [-0.2, 0) is 0 Å². The van der Waals surface area contributed by atoms with Crippen LogP contribution in [0.4, 0.5) is 0 Å². The molecule has 4 heteroatoms. The number of piperidine rings is 1. The van der Waals surface area contributed by atoms with E-state index in [4.69, 9.17) is 14.2 Å². The maximum atomic E-state index is 5.80. The highest BCUT2D eigenvalue weighted by Crippen LogP contribution is 2.41. The van der Waals surface area contributed by atoms with Gasteiger partial charge in [-0.15, -0.1) is 0 Å². The molecule has 0 radical (unpaired) electrons. The Morgan fingerprint density at radius 3 is 2.20 bits per heavy atom. The molecule has 4 nitrogen and oxygen atoms in total. The first-order chi connectivity index (χ1) is 9.65. The third kappa shape index (κ3) is 3.37. The molecule has 1 aliphatic heterocycles. The van der Waals surface area contributed by atoms with E-state index in [1.165, 1.54) is 5.56 Å². The highest BCUT2D eigenvalue weighted by molar-refractivity contribution is 5.52. The number of hydrogen-bond acceptors (Lipinski definition) is 4. The summed E-state index contributed by atoms with van der Waals surface area (Å²) < 4.78 is 16.8. The Morgan fingerprint density at radius 2 is 1.65 bits per heavy atom. The number of nitrogens with one attached hydrogen (secondary N) is 1. The number of benzene rings is 1. The maximum absolute atomic E-state index is 5.80. The summed E-state index contributed by atoms with van der Waals surface area (Å²) in [4.78, 5) is 0. The monoisotopic (exact) mass is 279 g/mol. The molecule has 0 unspecified atom stereocenters. The van der Waals surface area contributed by atoms with Gasteiger partial charge in [-0.1, -0.05) is 0 Å². The molecule has 0 bridgehead atoms. The van der Waals surface area contributed by atoms with Gasteiger partial charge in [0.2, 0.25) is 0 Å². The number of methoxy groups -OCH3 is 2. The lowest BCUT2D eigenvalue weighted by Crippen LogP contribution is -2.26. The van der Waals surface area contributed by atoms with Gasteiger partial charge in [0.1, 0.15) is 5.75 Å². The van der Waals surface area contributed by atoms with Gasteiger partial charge < -0.3 is 19.5 Å². The Hall–Kier alpha value is -1.42. The van der Waals surface area contributed by atoms with Gasteiger partial charge in [0, 0.05) is 11.6 Å². The molecule has 1 aromatic carbocycles. The first-order valence-electron chi connectivity index (χ1n) is 7.29. The summed E-state index contributed by atoms with van der Waals surface area (Å²) in [6, 6.07) is 4.03. The van der Waals surface area contributed by atoms with Gasteiger partial charge in [0.15, 0.2) is 11.5 Å². The summed E-state index contributed by atoms with van der Waals surface area (Å²) in [5.41, 5.74) is 1.22. The molecule has 1 saturated heterocycles. The molecule has 0 spiro atoms. The summed E-state index contributed by atoms with van der Waals surface area (Å²) in [7, 11) is 3.40. The third-order valence-corrected chi connectivity index (χ3v) is 3.66.